The average molecular weight is 400 g/mol. The Morgan fingerprint density at radius 1 is 1.33 bits per heavy atom. The molecule has 1 saturated heterocycles. The Hall–Kier alpha value is -1.68. The summed E-state index contributed by atoms with van der Waals surface area (Å²) in [6, 6.07) is 5.01. The Balaban J connectivity index is 2.13. The zero-order valence-corrected chi connectivity index (χ0v) is 17.0. The molecule has 1 aromatic carbocycles. The molecule has 2 N–H and O–H groups in total. The van der Waals surface area contributed by atoms with E-state index < -0.39 is 10.0 Å². The first-order valence-electron chi connectivity index (χ1n) is 9.13. The number of rotatable bonds is 9. The molecule has 8 nitrogen and oxygen atoms in total. The van der Waals surface area contributed by atoms with Crippen molar-refractivity contribution >= 4 is 15.9 Å². The first-order chi connectivity index (χ1) is 12.9. The van der Waals surface area contributed by atoms with Crippen LogP contribution in [0.3, 0.4) is 0 Å². The fraction of sp³-hybridized carbons (Fsp3) is 0.611. The summed E-state index contributed by atoms with van der Waals surface area (Å²) >= 11 is 0. The molecule has 1 aliphatic rings. The van der Waals surface area contributed by atoms with Crippen LogP contribution in [-0.2, 0) is 26.0 Å². The highest BCUT2D eigenvalue weighted by atomic mass is 32.2. The molecule has 2 rings (SSSR count). The standard InChI is InChI=1S/C18H29N3O5S/c1-4-19-14(2)13-20-18(22)12-15-5-6-16(25-3)17(11-15)27(23,24)21-7-9-26-10-8-21/h5-6,11,14,19H,4,7-10,12-13H2,1-3H3,(H,20,22)/t14-/m1/s1. The Kier molecular flexibility index (Phi) is 8.03. The van der Waals surface area contributed by atoms with Gasteiger partial charge in [0.1, 0.15) is 10.6 Å². The topological polar surface area (TPSA) is 97.0 Å². The number of carbonyl (C=O) groups excluding carboxylic acids is 1. The maximum atomic E-state index is 13.0. The molecule has 0 radical (unpaired) electrons. The average Bonchev–Trinajstić information content (AvgIpc) is 2.67. The van der Waals surface area contributed by atoms with Gasteiger partial charge < -0.3 is 20.1 Å². The molecule has 1 heterocycles. The Bertz CT molecular complexity index is 733. The van der Waals surface area contributed by atoms with Gasteiger partial charge in [0.25, 0.3) is 0 Å². The molecule has 0 aliphatic carbocycles. The lowest BCUT2D eigenvalue weighted by atomic mass is 10.1. The van der Waals surface area contributed by atoms with E-state index in [4.69, 9.17) is 9.47 Å². The molecule has 1 amide bonds. The van der Waals surface area contributed by atoms with Gasteiger partial charge in [-0.2, -0.15) is 4.31 Å². The minimum absolute atomic E-state index is 0.0817. The van der Waals surface area contributed by atoms with Crippen molar-refractivity contribution in [3.05, 3.63) is 23.8 Å². The zero-order chi connectivity index (χ0) is 19.9. The van der Waals surface area contributed by atoms with Crippen molar-refractivity contribution in [2.24, 2.45) is 0 Å². The van der Waals surface area contributed by atoms with Gasteiger partial charge in [0.05, 0.1) is 26.7 Å². The molecule has 1 atom stereocenters. The summed E-state index contributed by atoms with van der Waals surface area (Å²) in [5, 5.41) is 6.08. The number of ether oxygens (including phenoxy) is 2. The molecular formula is C18H29N3O5S. The first-order valence-corrected chi connectivity index (χ1v) is 10.6. The summed E-state index contributed by atoms with van der Waals surface area (Å²) in [6.07, 6.45) is 0.106. The number of benzene rings is 1. The first kappa shape index (κ1) is 21.6. The predicted octanol–water partition coefficient (Wildman–Crippen LogP) is 0.373. The van der Waals surface area contributed by atoms with E-state index in [0.29, 0.717) is 38.4 Å². The number of likely N-dealkylation sites (N-methyl/N-ethyl adjacent to an activating group) is 1. The van der Waals surface area contributed by atoms with Gasteiger partial charge in [-0.3, -0.25) is 4.79 Å². The second-order valence-electron chi connectivity index (χ2n) is 6.44. The molecule has 9 heteroatoms. The second-order valence-corrected chi connectivity index (χ2v) is 8.35. The SMILES string of the molecule is CCN[C@H](C)CNC(=O)Cc1ccc(OC)c(S(=O)(=O)N2CCOCC2)c1. The maximum absolute atomic E-state index is 13.0. The summed E-state index contributed by atoms with van der Waals surface area (Å²) in [6.45, 7) is 6.69. The quantitative estimate of drug-likeness (QED) is 0.623. The molecule has 152 valence electrons. The third-order valence-corrected chi connectivity index (χ3v) is 6.26. The van der Waals surface area contributed by atoms with E-state index in [1.807, 2.05) is 13.8 Å². The van der Waals surface area contributed by atoms with E-state index in [-0.39, 0.29) is 29.0 Å². The van der Waals surface area contributed by atoms with Crippen LogP contribution in [0.4, 0.5) is 0 Å². The molecule has 0 unspecified atom stereocenters. The second kappa shape index (κ2) is 10.0. The third kappa shape index (κ3) is 5.90. The fourth-order valence-electron chi connectivity index (χ4n) is 2.89. The van der Waals surface area contributed by atoms with Gasteiger partial charge in [-0.25, -0.2) is 8.42 Å². The number of hydrogen-bond donors (Lipinski definition) is 2. The summed E-state index contributed by atoms with van der Waals surface area (Å²) in [5.41, 5.74) is 0.622. The molecule has 1 fully saturated rings. The van der Waals surface area contributed by atoms with Crippen molar-refractivity contribution in [2.75, 3.05) is 46.5 Å². The molecule has 0 spiro atoms. The summed E-state index contributed by atoms with van der Waals surface area (Å²) in [7, 11) is -2.28. The van der Waals surface area contributed by atoms with Gasteiger partial charge in [0.15, 0.2) is 0 Å². The summed E-state index contributed by atoms with van der Waals surface area (Å²) < 4.78 is 37.8. The monoisotopic (exact) mass is 399 g/mol. The van der Waals surface area contributed by atoms with Crippen LogP contribution in [0.25, 0.3) is 0 Å². The van der Waals surface area contributed by atoms with Gasteiger partial charge in [-0.1, -0.05) is 13.0 Å². The smallest absolute Gasteiger partial charge is 0.246 e. The minimum Gasteiger partial charge on any atom is -0.495 e. The number of morpholine rings is 1. The van der Waals surface area contributed by atoms with Crippen LogP contribution in [0.2, 0.25) is 0 Å². The summed E-state index contributed by atoms with van der Waals surface area (Å²) in [4.78, 5) is 12.3. The number of methoxy groups -OCH3 is 1. The fourth-order valence-corrected chi connectivity index (χ4v) is 4.51. The van der Waals surface area contributed by atoms with Crippen molar-refractivity contribution in [1.29, 1.82) is 0 Å². The molecule has 27 heavy (non-hydrogen) atoms. The molecule has 1 aromatic rings. The number of hydrogen-bond acceptors (Lipinski definition) is 6. The van der Waals surface area contributed by atoms with Crippen LogP contribution in [0.15, 0.2) is 23.1 Å². The van der Waals surface area contributed by atoms with E-state index in [0.717, 1.165) is 6.54 Å². The van der Waals surface area contributed by atoms with Crippen molar-refractivity contribution in [1.82, 2.24) is 14.9 Å². The van der Waals surface area contributed by atoms with Gasteiger partial charge in [-0.15, -0.1) is 0 Å². The molecule has 1 aliphatic heterocycles. The Morgan fingerprint density at radius 2 is 2.04 bits per heavy atom. The van der Waals surface area contributed by atoms with Crippen molar-refractivity contribution in [2.45, 2.75) is 31.2 Å². The largest absolute Gasteiger partial charge is 0.495 e. The summed E-state index contributed by atoms with van der Waals surface area (Å²) in [5.74, 6) is 0.117. The molecular weight excluding hydrogens is 370 g/mol. The van der Waals surface area contributed by atoms with E-state index in [1.54, 1.807) is 12.1 Å². The van der Waals surface area contributed by atoms with Crippen LogP contribution in [0.1, 0.15) is 19.4 Å². The van der Waals surface area contributed by atoms with Crippen LogP contribution in [0.5, 0.6) is 5.75 Å². The lowest BCUT2D eigenvalue weighted by Gasteiger charge is -2.26. The van der Waals surface area contributed by atoms with E-state index in [1.165, 1.54) is 17.5 Å². The van der Waals surface area contributed by atoms with Gasteiger partial charge in [-0.05, 0) is 31.2 Å². The van der Waals surface area contributed by atoms with E-state index >= 15 is 0 Å². The van der Waals surface area contributed by atoms with Crippen LogP contribution in [0, 0.1) is 0 Å². The van der Waals surface area contributed by atoms with Crippen LogP contribution in [-0.4, -0.2) is 71.2 Å². The van der Waals surface area contributed by atoms with Crippen molar-refractivity contribution in [3.63, 3.8) is 0 Å². The molecule has 0 saturated carbocycles. The lowest BCUT2D eigenvalue weighted by molar-refractivity contribution is -0.120. The van der Waals surface area contributed by atoms with Crippen molar-refractivity contribution in [3.8, 4) is 5.75 Å². The maximum Gasteiger partial charge on any atom is 0.246 e. The van der Waals surface area contributed by atoms with Gasteiger partial charge >= 0.3 is 0 Å². The number of nitrogens with one attached hydrogen (secondary N) is 2. The number of sulfonamides is 1. The molecule has 0 aromatic heterocycles. The third-order valence-electron chi connectivity index (χ3n) is 4.34. The number of amides is 1. The predicted molar refractivity (Wildman–Crippen MR) is 102 cm³/mol. The lowest BCUT2D eigenvalue weighted by Crippen LogP contribution is -2.40. The zero-order valence-electron chi connectivity index (χ0n) is 16.2. The van der Waals surface area contributed by atoms with E-state index in [9.17, 15) is 13.2 Å². The van der Waals surface area contributed by atoms with Gasteiger partial charge in [0.2, 0.25) is 15.9 Å². The molecule has 0 bridgehead atoms. The Morgan fingerprint density at radius 3 is 2.67 bits per heavy atom. The minimum atomic E-state index is -3.71. The number of carbonyl (C=O) groups is 1. The highest BCUT2D eigenvalue weighted by Crippen LogP contribution is 2.28. The normalized spacial score (nSPS) is 16.7. The van der Waals surface area contributed by atoms with Crippen LogP contribution >= 0.6 is 0 Å². The van der Waals surface area contributed by atoms with E-state index in [2.05, 4.69) is 10.6 Å². The van der Waals surface area contributed by atoms with Crippen molar-refractivity contribution < 1.29 is 22.7 Å². The van der Waals surface area contributed by atoms with Gasteiger partial charge in [0, 0.05) is 25.7 Å². The highest BCUT2D eigenvalue weighted by molar-refractivity contribution is 7.89. The Labute approximate surface area is 161 Å². The van der Waals surface area contributed by atoms with Crippen LogP contribution < -0.4 is 15.4 Å². The number of nitrogens with zero attached hydrogens (tertiary/aromatic N) is 1. The highest BCUT2D eigenvalue weighted by Gasteiger charge is 2.29.